The van der Waals surface area contributed by atoms with Crippen LogP contribution in [0.2, 0.25) is 0 Å². The second-order valence-electron chi connectivity index (χ2n) is 4.15. The van der Waals surface area contributed by atoms with E-state index in [1.807, 2.05) is 30.5 Å². The predicted octanol–water partition coefficient (Wildman–Crippen LogP) is 3.23. The Morgan fingerprint density at radius 2 is 2.10 bits per heavy atom. The minimum atomic E-state index is 0.552. The Morgan fingerprint density at radius 3 is 2.80 bits per heavy atom. The van der Waals surface area contributed by atoms with Gasteiger partial charge < -0.3 is 10.2 Å². The number of para-hydroxylation sites is 1. The van der Waals surface area contributed by atoms with Crippen LogP contribution < -0.4 is 16.0 Å². The highest BCUT2D eigenvalue weighted by Crippen LogP contribution is 2.33. The van der Waals surface area contributed by atoms with Crippen molar-refractivity contribution in [3.63, 3.8) is 0 Å². The number of hydrogen-bond donors (Lipinski definition) is 2. The molecule has 20 heavy (non-hydrogen) atoms. The number of nitrogens with two attached hydrogens (primary N) is 1. The standard InChI is InChI=1S/C14H18N4OS/c1-3-6-10-13(18-15)16-9-17-14(10)19-11-7-4-5-8-12(11)20-2/h4-5,7-9H,3,6,15H2,1-2H3,(H,16,17,18). The first kappa shape index (κ1) is 14.6. The number of nitrogen functional groups attached to an aromatic ring is 1. The van der Waals surface area contributed by atoms with Crippen LogP contribution in [0.5, 0.6) is 11.6 Å². The van der Waals surface area contributed by atoms with Crippen LogP contribution in [-0.2, 0) is 6.42 Å². The lowest BCUT2D eigenvalue weighted by Gasteiger charge is -2.14. The lowest BCUT2D eigenvalue weighted by Crippen LogP contribution is -2.12. The van der Waals surface area contributed by atoms with Gasteiger partial charge in [0.15, 0.2) is 0 Å². The van der Waals surface area contributed by atoms with Gasteiger partial charge in [0.1, 0.15) is 17.9 Å². The molecule has 3 N–H and O–H groups in total. The second-order valence-corrected chi connectivity index (χ2v) is 5.00. The molecule has 1 heterocycles. The van der Waals surface area contributed by atoms with Gasteiger partial charge in [-0.15, -0.1) is 11.8 Å². The fourth-order valence-corrected chi connectivity index (χ4v) is 2.42. The van der Waals surface area contributed by atoms with Gasteiger partial charge in [-0.25, -0.2) is 15.8 Å². The monoisotopic (exact) mass is 290 g/mol. The van der Waals surface area contributed by atoms with Crippen LogP contribution in [0.4, 0.5) is 5.82 Å². The third-order valence-electron chi connectivity index (χ3n) is 2.82. The summed E-state index contributed by atoms with van der Waals surface area (Å²) in [5, 5.41) is 0. The average molecular weight is 290 g/mol. The van der Waals surface area contributed by atoms with Crippen LogP contribution >= 0.6 is 11.8 Å². The number of ether oxygens (including phenoxy) is 1. The van der Waals surface area contributed by atoms with Crippen molar-refractivity contribution in [2.45, 2.75) is 24.7 Å². The summed E-state index contributed by atoms with van der Waals surface area (Å²) in [6.45, 7) is 2.09. The zero-order valence-corrected chi connectivity index (χ0v) is 12.4. The number of hydrazine groups is 1. The van der Waals surface area contributed by atoms with Gasteiger partial charge in [0.25, 0.3) is 0 Å². The van der Waals surface area contributed by atoms with Crippen LogP contribution in [-0.4, -0.2) is 16.2 Å². The number of nitrogens with one attached hydrogen (secondary N) is 1. The zero-order chi connectivity index (χ0) is 14.4. The summed E-state index contributed by atoms with van der Waals surface area (Å²) < 4.78 is 5.96. The fourth-order valence-electron chi connectivity index (χ4n) is 1.89. The Kier molecular flexibility index (Phi) is 5.20. The van der Waals surface area contributed by atoms with E-state index in [2.05, 4.69) is 22.3 Å². The van der Waals surface area contributed by atoms with E-state index in [4.69, 9.17) is 10.6 Å². The zero-order valence-electron chi connectivity index (χ0n) is 11.6. The van der Waals surface area contributed by atoms with Crippen LogP contribution in [0.15, 0.2) is 35.5 Å². The average Bonchev–Trinajstić information content (AvgIpc) is 2.49. The van der Waals surface area contributed by atoms with Crippen molar-refractivity contribution in [3.05, 3.63) is 36.2 Å². The third kappa shape index (κ3) is 3.20. The first-order chi connectivity index (χ1) is 9.80. The number of rotatable bonds is 6. The number of nitrogens with zero attached hydrogens (tertiary/aromatic N) is 2. The van der Waals surface area contributed by atoms with Crippen molar-refractivity contribution in [3.8, 4) is 11.6 Å². The molecule has 2 aromatic rings. The van der Waals surface area contributed by atoms with Crippen molar-refractivity contribution in [1.82, 2.24) is 9.97 Å². The molecule has 106 valence electrons. The summed E-state index contributed by atoms with van der Waals surface area (Å²) in [6.07, 6.45) is 5.23. The molecule has 0 aliphatic rings. The van der Waals surface area contributed by atoms with Gasteiger partial charge in [-0.2, -0.15) is 0 Å². The van der Waals surface area contributed by atoms with E-state index in [-0.39, 0.29) is 0 Å². The summed E-state index contributed by atoms with van der Waals surface area (Å²) in [7, 11) is 0. The smallest absolute Gasteiger partial charge is 0.227 e. The molecule has 0 atom stereocenters. The van der Waals surface area contributed by atoms with Gasteiger partial charge in [-0.05, 0) is 24.8 Å². The lowest BCUT2D eigenvalue weighted by atomic mass is 10.2. The highest BCUT2D eigenvalue weighted by atomic mass is 32.2. The van der Waals surface area contributed by atoms with E-state index in [1.165, 1.54) is 6.33 Å². The molecular weight excluding hydrogens is 272 g/mol. The van der Waals surface area contributed by atoms with Gasteiger partial charge in [0.05, 0.1) is 5.56 Å². The first-order valence-corrected chi connectivity index (χ1v) is 7.64. The minimum absolute atomic E-state index is 0.552. The molecule has 0 unspecified atom stereocenters. The Morgan fingerprint density at radius 1 is 1.30 bits per heavy atom. The van der Waals surface area contributed by atoms with E-state index < -0.39 is 0 Å². The van der Waals surface area contributed by atoms with Gasteiger partial charge >= 0.3 is 0 Å². The van der Waals surface area contributed by atoms with Crippen molar-refractivity contribution in [2.24, 2.45) is 5.84 Å². The molecule has 0 aliphatic heterocycles. The largest absolute Gasteiger partial charge is 0.437 e. The van der Waals surface area contributed by atoms with E-state index >= 15 is 0 Å². The highest BCUT2D eigenvalue weighted by molar-refractivity contribution is 7.98. The molecule has 0 aliphatic carbocycles. The first-order valence-electron chi connectivity index (χ1n) is 6.41. The Hall–Kier alpha value is -1.79. The molecule has 0 bridgehead atoms. The number of thioether (sulfide) groups is 1. The van der Waals surface area contributed by atoms with Crippen molar-refractivity contribution < 1.29 is 4.74 Å². The molecule has 0 saturated heterocycles. The molecule has 5 nitrogen and oxygen atoms in total. The maximum atomic E-state index is 5.96. The summed E-state index contributed by atoms with van der Waals surface area (Å²) in [6, 6.07) is 7.87. The van der Waals surface area contributed by atoms with Gasteiger partial charge in [-0.1, -0.05) is 25.5 Å². The summed E-state index contributed by atoms with van der Waals surface area (Å²) in [5.41, 5.74) is 3.50. The van der Waals surface area contributed by atoms with E-state index in [0.717, 1.165) is 29.1 Å². The van der Waals surface area contributed by atoms with E-state index in [9.17, 15) is 0 Å². The molecule has 0 fully saturated rings. The Labute approximate surface area is 122 Å². The SMILES string of the molecule is CCCc1c(NN)ncnc1Oc1ccccc1SC. The van der Waals surface area contributed by atoms with Crippen LogP contribution in [0, 0.1) is 0 Å². The lowest BCUT2D eigenvalue weighted by molar-refractivity contribution is 0.444. The second kappa shape index (κ2) is 7.12. The molecular formula is C14H18N4OS. The van der Waals surface area contributed by atoms with Crippen molar-refractivity contribution >= 4 is 17.6 Å². The quantitative estimate of drug-likeness (QED) is 0.483. The maximum absolute atomic E-state index is 5.96. The summed E-state index contributed by atoms with van der Waals surface area (Å²) in [5.74, 6) is 7.45. The van der Waals surface area contributed by atoms with Gasteiger partial charge in [0.2, 0.25) is 5.88 Å². The third-order valence-corrected chi connectivity index (χ3v) is 3.60. The van der Waals surface area contributed by atoms with Gasteiger partial charge in [0, 0.05) is 4.90 Å². The number of aromatic nitrogens is 2. The van der Waals surface area contributed by atoms with Crippen LogP contribution in [0.25, 0.3) is 0 Å². The number of hydrogen-bond acceptors (Lipinski definition) is 6. The molecule has 1 aromatic heterocycles. The van der Waals surface area contributed by atoms with E-state index in [1.54, 1.807) is 11.8 Å². The van der Waals surface area contributed by atoms with Crippen LogP contribution in [0.3, 0.4) is 0 Å². The molecule has 0 saturated carbocycles. The van der Waals surface area contributed by atoms with Gasteiger partial charge in [-0.3, -0.25) is 0 Å². The highest BCUT2D eigenvalue weighted by Gasteiger charge is 2.13. The maximum Gasteiger partial charge on any atom is 0.227 e. The summed E-state index contributed by atoms with van der Waals surface area (Å²) >= 11 is 1.64. The molecule has 0 spiro atoms. The Bertz CT molecular complexity index is 577. The molecule has 0 amide bonds. The normalized spacial score (nSPS) is 10.3. The topological polar surface area (TPSA) is 73.1 Å². The summed E-state index contributed by atoms with van der Waals surface area (Å²) in [4.78, 5) is 9.43. The molecule has 6 heteroatoms. The van der Waals surface area contributed by atoms with E-state index in [0.29, 0.717) is 11.7 Å². The molecule has 1 aromatic carbocycles. The number of benzene rings is 1. The minimum Gasteiger partial charge on any atom is -0.437 e. The van der Waals surface area contributed by atoms with Crippen molar-refractivity contribution in [2.75, 3.05) is 11.7 Å². The van der Waals surface area contributed by atoms with Crippen molar-refractivity contribution in [1.29, 1.82) is 0 Å². The van der Waals surface area contributed by atoms with Crippen LogP contribution in [0.1, 0.15) is 18.9 Å². The molecule has 2 rings (SSSR count). The predicted molar refractivity (Wildman–Crippen MR) is 82.1 cm³/mol. The number of anilines is 1. The fraction of sp³-hybridized carbons (Fsp3) is 0.286. The Balaban J connectivity index is 2.37. The molecule has 0 radical (unpaired) electrons.